The third-order valence-electron chi connectivity index (χ3n) is 3.09. The highest BCUT2D eigenvalue weighted by molar-refractivity contribution is 9.10. The zero-order valence-electron chi connectivity index (χ0n) is 11.9. The maximum absolute atomic E-state index is 8.85. The molecule has 2 rings (SSSR count). The van der Waals surface area contributed by atoms with Crippen LogP contribution < -0.4 is 10.5 Å². The van der Waals surface area contributed by atoms with Gasteiger partial charge >= 0.3 is 0 Å². The molecule has 0 unspecified atom stereocenters. The van der Waals surface area contributed by atoms with Crippen molar-refractivity contribution in [3.63, 3.8) is 0 Å². The zero-order valence-corrected chi connectivity index (χ0v) is 13.5. The Hall–Kier alpha value is -2.02. The van der Waals surface area contributed by atoms with Crippen LogP contribution in [-0.4, -0.2) is 20.8 Å². The van der Waals surface area contributed by atoms with Crippen LogP contribution in [0, 0.1) is 0 Å². The van der Waals surface area contributed by atoms with Gasteiger partial charge in [-0.2, -0.15) is 5.10 Å². The Morgan fingerprint density at radius 3 is 2.86 bits per heavy atom. The summed E-state index contributed by atoms with van der Waals surface area (Å²) in [6, 6.07) is 7.35. The van der Waals surface area contributed by atoms with Crippen molar-refractivity contribution >= 4 is 21.8 Å². The van der Waals surface area contributed by atoms with E-state index in [-0.39, 0.29) is 5.84 Å². The Morgan fingerprint density at radius 2 is 2.24 bits per heavy atom. The van der Waals surface area contributed by atoms with Crippen molar-refractivity contribution in [1.82, 2.24) is 9.78 Å². The van der Waals surface area contributed by atoms with Crippen molar-refractivity contribution in [2.24, 2.45) is 17.9 Å². The molecule has 0 bridgehead atoms. The van der Waals surface area contributed by atoms with Gasteiger partial charge in [-0.05, 0) is 30.7 Å². The molecule has 0 radical (unpaired) electrons. The third-order valence-corrected chi connectivity index (χ3v) is 3.58. The Bertz CT molecular complexity index is 667. The Kier molecular flexibility index (Phi) is 4.85. The van der Waals surface area contributed by atoms with E-state index in [4.69, 9.17) is 15.7 Å². The summed E-state index contributed by atoms with van der Waals surface area (Å²) in [6.45, 7) is 2.41. The van der Waals surface area contributed by atoms with E-state index in [1.807, 2.05) is 19.2 Å². The predicted octanol–water partition coefficient (Wildman–Crippen LogP) is 2.42. The van der Waals surface area contributed by atoms with E-state index in [1.54, 1.807) is 16.8 Å². The van der Waals surface area contributed by atoms with Gasteiger partial charge in [0.05, 0.1) is 17.0 Å². The number of nitrogens with two attached hydrogens (primary N) is 1. The Labute approximate surface area is 131 Å². The van der Waals surface area contributed by atoms with E-state index in [1.165, 1.54) is 0 Å². The highest BCUT2D eigenvalue weighted by Gasteiger charge is 2.11. The molecule has 0 aliphatic heterocycles. The van der Waals surface area contributed by atoms with E-state index in [2.05, 4.69) is 33.1 Å². The van der Waals surface area contributed by atoms with Crippen LogP contribution in [0.2, 0.25) is 0 Å². The minimum atomic E-state index is 0.00514. The van der Waals surface area contributed by atoms with Gasteiger partial charge in [-0.15, -0.1) is 0 Å². The molecule has 7 heteroatoms. The van der Waals surface area contributed by atoms with Crippen LogP contribution in [0.25, 0.3) is 0 Å². The number of aryl methyl sites for hydroxylation is 2. The van der Waals surface area contributed by atoms with Gasteiger partial charge in [-0.3, -0.25) is 4.68 Å². The largest absolute Gasteiger partial charge is 0.487 e. The second-order valence-electron chi connectivity index (χ2n) is 4.52. The van der Waals surface area contributed by atoms with Crippen molar-refractivity contribution in [1.29, 1.82) is 0 Å². The summed E-state index contributed by atoms with van der Waals surface area (Å²) in [7, 11) is 1.88. The first kappa shape index (κ1) is 15.4. The third kappa shape index (κ3) is 3.55. The van der Waals surface area contributed by atoms with Crippen molar-refractivity contribution < 1.29 is 9.94 Å². The molecular formula is C14H17BrN4O2. The van der Waals surface area contributed by atoms with Crippen LogP contribution in [-0.2, 0) is 20.1 Å². The molecule has 1 aromatic carbocycles. The first-order chi connectivity index (χ1) is 10.0. The standard InChI is InChI=1S/C14H17BrN4O2/c1-3-10-7-11(19(2)17-10)8-21-13-5-4-9(15)6-12(13)14(16)18-20/h4-7,20H,3,8H2,1-2H3,(H2,16,18). The van der Waals surface area contributed by atoms with E-state index in [0.29, 0.717) is 17.9 Å². The Morgan fingerprint density at radius 1 is 1.48 bits per heavy atom. The van der Waals surface area contributed by atoms with Gasteiger partial charge in [0.1, 0.15) is 12.4 Å². The van der Waals surface area contributed by atoms with Crippen LogP contribution in [0.5, 0.6) is 5.75 Å². The lowest BCUT2D eigenvalue weighted by atomic mass is 10.2. The molecular weight excluding hydrogens is 336 g/mol. The van der Waals surface area contributed by atoms with Crippen molar-refractivity contribution in [2.45, 2.75) is 20.0 Å². The predicted molar refractivity (Wildman–Crippen MR) is 83.6 cm³/mol. The average molecular weight is 353 g/mol. The van der Waals surface area contributed by atoms with Gasteiger partial charge in [0.15, 0.2) is 5.84 Å². The molecule has 0 saturated carbocycles. The fourth-order valence-corrected chi connectivity index (χ4v) is 2.27. The number of hydrogen-bond acceptors (Lipinski definition) is 4. The lowest BCUT2D eigenvalue weighted by molar-refractivity contribution is 0.293. The first-order valence-corrected chi connectivity index (χ1v) is 7.26. The minimum Gasteiger partial charge on any atom is -0.487 e. The van der Waals surface area contributed by atoms with Gasteiger partial charge in [-0.25, -0.2) is 0 Å². The van der Waals surface area contributed by atoms with Gasteiger partial charge in [0, 0.05) is 11.5 Å². The SMILES string of the molecule is CCc1cc(COc2ccc(Br)cc2/C(N)=N/O)n(C)n1. The number of amidine groups is 1. The molecule has 6 nitrogen and oxygen atoms in total. The summed E-state index contributed by atoms with van der Waals surface area (Å²) in [5.41, 5.74) is 8.18. The number of rotatable bonds is 5. The monoisotopic (exact) mass is 352 g/mol. The van der Waals surface area contributed by atoms with Crippen LogP contribution in [0.1, 0.15) is 23.9 Å². The van der Waals surface area contributed by atoms with Crippen LogP contribution in [0.4, 0.5) is 0 Å². The maximum Gasteiger partial charge on any atom is 0.173 e. The highest BCUT2D eigenvalue weighted by atomic mass is 79.9. The van der Waals surface area contributed by atoms with Gasteiger partial charge < -0.3 is 15.7 Å². The zero-order chi connectivity index (χ0) is 15.4. The molecule has 0 fully saturated rings. The molecule has 0 atom stereocenters. The number of oxime groups is 1. The average Bonchev–Trinajstić information content (AvgIpc) is 2.85. The fraction of sp³-hybridized carbons (Fsp3) is 0.286. The van der Waals surface area contributed by atoms with Crippen LogP contribution in [0.3, 0.4) is 0 Å². The van der Waals surface area contributed by atoms with Gasteiger partial charge in [-0.1, -0.05) is 28.0 Å². The molecule has 0 aliphatic rings. The number of halogens is 1. The molecule has 0 aliphatic carbocycles. The Balaban J connectivity index is 2.21. The number of nitrogens with zero attached hydrogens (tertiary/aromatic N) is 3. The van der Waals surface area contributed by atoms with Crippen molar-refractivity contribution in [3.8, 4) is 5.75 Å². The van der Waals surface area contributed by atoms with Crippen molar-refractivity contribution in [2.75, 3.05) is 0 Å². The minimum absolute atomic E-state index is 0.00514. The summed E-state index contributed by atoms with van der Waals surface area (Å²) in [6.07, 6.45) is 0.876. The van der Waals surface area contributed by atoms with E-state index in [0.717, 1.165) is 22.3 Å². The molecule has 112 valence electrons. The summed E-state index contributed by atoms with van der Waals surface area (Å²) >= 11 is 3.35. The van der Waals surface area contributed by atoms with Gasteiger partial charge in [0.2, 0.25) is 0 Å². The molecule has 0 spiro atoms. The quantitative estimate of drug-likeness (QED) is 0.374. The summed E-state index contributed by atoms with van der Waals surface area (Å²) in [4.78, 5) is 0. The first-order valence-electron chi connectivity index (χ1n) is 6.47. The fourth-order valence-electron chi connectivity index (χ4n) is 1.91. The number of aromatic nitrogens is 2. The molecule has 0 amide bonds. The van der Waals surface area contributed by atoms with Crippen LogP contribution in [0.15, 0.2) is 33.9 Å². The van der Waals surface area contributed by atoms with Gasteiger partial charge in [0.25, 0.3) is 0 Å². The normalized spacial score (nSPS) is 11.7. The molecule has 1 aromatic heterocycles. The molecule has 21 heavy (non-hydrogen) atoms. The topological polar surface area (TPSA) is 85.7 Å². The molecule has 2 aromatic rings. The number of hydrogen-bond donors (Lipinski definition) is 2. The summed E-state index contributed by atoms with van der Waals surface area (Å²) < 4.78 is 8.40. The second-order valence-corrected chi connectivity index (χ2v) is 5.43. The summed E-state index contributed by atoms with van der Waals surface area (Å²) in [5, 5.41) is 16.2. The number of ether oxygens (including phenoxy) is 1. The molecule has 3 N–H and O–H groups in total. The van der Waals surface area contributed by atoms with Crippen molar-refractivity contribution in [3.05, 3.63) is 45.7 Å². The smallest absolute Gasteiger partial charge is 0.173 e. The van der Waals surface area contributed by atoms with E-state index < -0.39 is 0 Å². The maximum atomic E-state index is 8.85. The lowest BCUT2D eigenvalue weighted by Gasteiger charge is -2.11. The summed E-state index contributed by atoms with van der Waals surface area (Å²) in [5.74, 6) is 0.554. The highest BCUT2D eigenvalue weighted by Crippen LogP contribution is 2.24. The van der Waals surface area contributed by atoms with E-state index >= 15 is 0 Å². The molecule has 1 heterocycles. The second kappa shape index (κ2) is 6.62. The van der Waals surface area contributed by atoms with Crippen LogP contribution >= 0.6 is 15.9 Å². The number of benzene rings is 1. The lowest BCUT2D eigenvalue weighted by Crippen LogP contribution is -2.15. The molecule has 0 saturated heterocycles. The van der Waals surface area contributed by atoms with E-state index in [9.17, 15) is 0 Å².